The van der Waals surface area contributed by atoms with Crippen molar-refractivity contribution in [2.75, 3.05) is 0 Å². The molecule has 261 valence electrons. The normalized spacial score (nSPS) is 12.0. The van der Waals surface area contributed by atoms with Crippen LogP contribution in [0.4, 0.5) is 0 Å². The van der Waals surface area contributed by atoms with Gasteiger partial charge in [0.15, 0.2) is 0 Å². The first-order valence-electron chi connectivity index (χ1n) is 18.9. The number of pyridine rings is 1. The molecule has 0 atom stereocenters. The van der Waals surface area contributed by atoms with Crippen molar-refractivity contribution in [3.8, 4) is 50.6 Å². The zero-order chi connectivity index (χ0) is 38.1. The number of fused-ring (bicyclic) bond motifs is 3. The summed E-state index contributed by atoms with van der Waals surface area (Å²) in [4.78, 5) is 9.33. The van der Waals surface area contributed by atoms with Crippen LogP contribution in [0.25, 0.3) is 83.4 Å². The second-order valence-electron chi connectivity index (χ2n) is 12.7. The Balaban J connectivity index is 0.000000226. The van der Waals surface area contributed by atoms with Crippen molar-refractivity contribution in [1.82, 2.24) is 14.5 Å². The van der Waals surface area contributed by atoms with Crippen LogP contribution < -0.4 is 0 Å². The van der Waals surface area contributed by atoms with Gasteiger partial charge in [-0.15, -0.1) is 35.9 Å². The van der Waals surface area contributed by atoms with Crippen LogP contribution in [0, 0.1) is 19.2 Å². The topological polar surface area (TPSA) is 43.9 Å². The molecule has 4 nitrogen and oxygen atoms in total. The van der Waals surface area contributed by atoms with E-state index in [-0.39, 0.29) is 25.7 Å². The smallest absolute Gasteiger partial charge is 0.0774 e. The molecule has 5 heteroatoms. The van der Waals surface area contributed by atoms with Crippen molar-refractivity contribution in [3.05, 3.63) is 200 Å². The number of furan rings is 1. The van der Waals surface area contributed by atoms with Crippen LogP contribution >= 0.6 is 0 Å². The molecule has 0 N–H and O–H groups in total. The standard InChI is InChI=1S/C37H23N2O.C12H10N.Ir/c1-3-12-25(13-4-1)29-18-11-19-30(26-14-5-2-6-15-26)36(29)39-34-21-10-9-20-33(34)38-37(39)32-24-40-35-23-28-17-8-7-16-27(28)22-31(32)35;1-10-7-8-12(13-9-10)11-5-3-2-4-6-11;/h1-23H;2-5,7-9H,1H3;/q2*-1;/i;1D3;. The van der Waals surface area contributed by atoms with Crippen LogP contribution in [0.1, 0.15) is 9.68 Å². The van der Waals surface area contributed by atoms with E-state index in [4.69, 9.17) is 13.5 Å². The van der Waals surface area contributed by atoms with Crippen molar-refractivity contribution in [2.45, 2.75) is 6.85 Å². The van der Waals surface area contributed by atoms with Gasteiger partial charge in [0, 0.05) is 53.4 Å². The van der Waals surface area contributed by atoms with Gasteiger partial charge in [0.25, 0.3) is 0 Å². The molecule has 7 aromatic carbocycles. The van der Waals surface area contributed by atoms with Crippen molar-refractivity contribution >= 4 is 32.8 Å². The predicted octanol–water partition coefficient (Wildman–Crippen LogP) is 12.6. The number of benzene rings is 7. The molecule has 0 bridgehead atoms. The van der Waals surface area contributed by atoms with Gasteiger partial charge in [0.2, 0.25) is 0 Å². The van der Waals surface area contributed by atoms with Crippen LogP contribution in [-0.2, 0) is 20.1 Å². The summed E-state index contributed by atoms with van der Waals surface area (Å²) in [6.07, 6.45) is 4.63. The second-order valence-corrected chi connectivity index (χ2v) is 12.7. The molecular weight excluding hydrogens is 839 g/mol. The number of hydrogen-bond donors (Lipinski definition) is 0. The van der Waals surface area contributed by atoms with E-state index in [1.807, 2.05) is 30.3 Å². The van der Waals surface area contributed by atoms with Gasteiger partial charge >= 0.3 is 0 Å². The monoisotopic (exact) mass is 875 g/mol. The fraction of sp³-hybridized carbons (Fsp3) is 0.0204. The van der Waals surface area contributed by atoms with E-state index >= 15 is 0 Å². The van der Waals surface area contributed by atoms with Crippen LogP contribution in [0.15, 0.2) is 187 Å². The maximum Gasteiger partial charge on any atom is 0.0774 e. The van der Waals surface area contributed by atoms with Gasteiger partial charge < -0.3 is 14.0 Å². The van der Waals surface area contributed by atoms with E-state index in [0.717, 1.165) is 83.4 Å². The summed E-state index contributed by atoms with van der Waals surface area (Å²) in [5.74, 6) is 0.802. The van der Waals surface area contributed by atoms with E-state index in [0.29, 0.717) is 0 Å². The van der Waals surface area contributed by atoms with Crippen LogP contribution in [0.3, 0.4) is 0 Å². The summed E-state index contributed by atoms with van der Waals surface area (Å²) in [6, 6.07) is 62.4. The van der Waals surface area contributed by atoms with Crippen LogP contribution in [0.5, 0.6) is 0 Å². The number of para-hydroxylation sites is 3. The third-order valence-electron chi connectivity index (χ3n) is 9.34. The van der Waals surface area contributed by atoms with Gasteiger partial charge in [-0.05, 0) is 52.1 Å². The average Bonchev–Trinajstić information content (AvgIpc) is 3.84. The van der Waals surface area contributed by atoms with E-state index < -0.39 is 6.85 Å². The quantitative estimate of drug-likeness (QED) is 0.162. The Morgan fingerprint density at radius 1 is 0.648 bits per heavy atom. The SMILES string of the molecule is [2H]C([2H])([2H])c1ccc(-c2[c-]cccc2)nc1.[Ir].[c-]1oc2cc3ccccc3cc2c1-c1nc2ccccc2n1-c1c(-c2ccccc2)cccc1-c1ccccc1. The third kappa shape index (κ3) is 6.67. The first-order chi connectivity index (χ1) is 27.4. The number of nitrogens with zero attached hydrogens (tertiary/aromatic N) is 3. The van der Waals surface area contributed by atoms with Gasteiger partial charge in [0.1, 0.15) is 0 Å². The summed E-state index contributed by atoms with van der Waals surface area (Å²) >= 11 is 0. The zero-order valence-electron chi connectivity index (χ0n) is 31.9. The number of aromatic nitrogens is 3. The molecule has 0 amide bonds. The summed E-state index contributed by atoms with van der Waals surface area (Å²) in [7, 11) is 0. The van der Waals surface area contributed by atoms with Gasteiger partial charge in [-0.1, -0.05) is 150 Å². The fourth-order valence-electron chi connectivity index (χ4n) is 6.84. The van der Waals surface area contributed by atoms with E-state index in [1.165, 1.54) is 6.20 Å². The molecule has 10 rings (SSSR count). The molecule has 0 spiro atoms. The van der Waals surface area contributed by atoms with E-state index in [9.17, 15) is 0 Å². The minimum absolute atomic E-state index is 0. The van der Waals surface area contributed by atoms with E-state index in [1.54, 1.807) is 18.2 Å². The Kier molecular flexibility index (Phi) is 8.83. The summed E-state index contributed by atoms with van der Waals surface area (Å²) < 4.78 is 30.0. The van der Waals surface area contributed by atoms with Crippen LogP contribution in [-0.4, -0.2) is 14.5 Å². The Bertz CT molecular complexity index is 2890. The third-order valence-corrected chi connectivity index (χ3v) is 9.34. The molecule has 0 aliphatic carbocycles. The summed E-state index contributed by atoms with van der Waals surface area (Å²) in [6.45, 7) is -2.09. The van der Waals surface area contributed by atoms with Crippen LogP contribution in [0.2, 0.25) is 0 Å². The molecule has 0 saturated heterocycles. The molecule has 0 saturated carbocycles. The first-order valence-corrected chi connectivity index (χ1v) is 17.4. The van der Waals surface area contributed by atoms with Crippen molar-refractivity contribution in [3.63, 3.8) is 0 Å². The molecule has 0 aliphatic rings. The molecule has 0 aliphatic heterocycles. The molecule has 3 heterocycles. The Morgan fingerprint density at radius 2 is 1.31 bits per heavy atom. The number of hydrogen-bond acceptors (Lipinski definition) is 3. The second kappa shape index (κ2) is 15.3. The predicted molar refractivity (Wildman–Crippen MR) is 217 cm³/mol. The molecule has 0 fully saturated rings. The zero-order valence-corrected chi connectivity index (χ0v) is 31.3. The van der Waals surface area contributed by atoms with Gasteiger partial charge in [0.05, 0.1) is 22.5 Å². The minimum Gasteiger partial charge on any atom is -0.557 e. The minimum atomic E-state index is -2.09. The maximum atomic E-state index is 7.23. The first kappa shape index (κ1) is 31.2. The number of rotatable bonds is 5. The molecule has 1 radical (unpaired) electrons. The van der Waals surface area contributed by atoms with Gasteiger partial charge in [-0.2, -0.15) is 0 Å². The maximum absolute atomic E-state index is 7.23. The Morgan fingerprint density at radius 3 is 1.98 bits per heavy atom. The Hall–Kier alpha value is -6.39. The van der Waals surface area contributed by atoms with E-state index in [2.05, 4.69) is 149 Å². The molecule has 54 heavy (non-hydrogen) atoms. The number of aryl methyl sites for hydroxylation is 1. The summed E-state index contributed by atoms with van der Waals surface area (Å²) in [5, 5.41) is 3.29. The van der Waals surface area contributed by atoms with Crippen molar-refractivity contribution < 1.29 is 28.6 Å². The molecule has 3 aromatic heterocycles. The number of imidazole rings is 1. The molecule has 0 unspecified atom stereocenters. The Labute approximate surface area is 332 Å². The summed E-state index contributed by atoms with van der Waals surface area (Å²) in [5.41, 5.74) is 11.1. The van der Waals surface area contributed by atoms with Crippen molar-refractivity contribution in [1.29, 1.82) is 0 Å². The molecule has 10 aromatic rings. The largest absolute Gasteiger partial charge is 0.557 e. The average molecular weight is 875 g/mol. The van der Waals surface area contributed by atoms with Gasteiger partial charge in [-0.3, -0.25) is 4.98 Å². The van der Waals surface area contributed by atoms with Gasteiger partial charge in [-0.25, -0.2) is 0 Å². The van der Waals surface area contributed by atoms with Crippen molar-refractivity contribution in [2.24, 2.45) is 0 Å². The molecular formula is C49H33IrN3O-2. The fourth-order valence-corrected chi connectivity index (χ4v) is 6.84.